The van der Waals surface area contributed by atoms with Crippen LogP contribution in [0.3, 0.4) is 0 Å². The number of nitro groups is 1. The first-order valence-corrected chi connectivity index (χ1v) is 9.19. The van der Waals surface area contributed by atoms with Gasteiger partial charge in [0.05, 0.1) is 18.1 Å². The second-order valence-corrected chi connectivity index (χ2v) is 6.59. The second-order valence-electron chi connectivity index (χ2n) is 6.18. The van der Waals surface area contributed by atoms with Crippen molar-refractivity contribution in [2.45, 2.75) is 6.54 Å². The molecule has 1 saturated heterocycles. The molecule has 0 aromatic heterocycles. The van der Waals surface area contributed by atoms with Crippen LogP contribution in [-0.4, -0.2) is 42.2 Å². The molecular formula is C19H20N4O4S. The first kappa shape index (κ1) is 19.7. The molecule has 0 radical (unpaired) electrons. The topological polar surface area (TPSA) is 96.7 Å². The monoisotopic (exact) mass is 400 g/mol. The van der Waals surface area contributed by atoms with Crippen molar-refractivity contribution in [3.05, 3.63) is 69.8 Å². The average molecular weight is 400 g/mol. The largest absolute Gasteiger partial charge is 0.378 e. The zero-order valence-electron chi connectivity index (χ0n) is 15.1. The number of nitro benzene ring substituents is 1. The fourth-order valence-corrected chi connectivity index (χ4v) is 3.05. The number of nitrogens with zero attached hydrogens (tertiary/aromatic N) is 2. The van der Waals surface area contributed by atoms with E-state index in [0.717, 1.165) is 5.56 Å². The number of morpholine rings is 1. The quantitative estimate of drug-likeness (QED) is 0.451. The van der Waals surface area contributed by atoms with Crippen LogP contribution < -0.4 is 15.5 Å². The summed E-state index contributed by atoms with van der Waals surface area (Å²) in [7, 11) is 0. The molecule has 0 bridgehead atoms. The third-order valence-electron chi connectivity index (χ3n) is 4.31. The molecule has 0 aliphatic carbocycles. The molecule has 0 spiro atoms. The summed E-state index contributed by atoms with van der Waals surface area (Å²) in [5.74, 6) is -0.498. The Balaban J connectivity index is 1.66. The van der Waals surface area contributed by atoms with Crippen LogP contribution in [-0.2, 0) is 11.3 Å². The molecule has 0 atom stereocenters. The van der Waals surface area contributed by atoms with E-state index in [-0.39, 0.29) is 16.4 Å². The van der Waals surface area contributed by atoms with Crippen molar-refractivity contribution < 1.29 is 14.5 Å². The fourth-order valence-electron chi connectivity index (χ4n) is 2.88. The zero-order chi connectivity index (χ0) is 19.9. The van der Waals surface area contributed by atoms with Gasteiger partial charge in [0.2, 0.25) is 0 Å². The van der Waals surface area contributed by atoms with E-state index < -0.39 is 10.8 Å². The number of amides is 1. The summed E-state index contributed by atoms with van der Waals surface area (Å²) in [6.45, 7) is 2.64. The van der Waals surface area contributed by atoms with Crippen LogP contribution in [0.15, 0.2) is 48.5 Å². The molecule has 1 fully saturated rings. The number of ether oxygens (including phenoxy) is 1. The summed E-state index contributed by atoms with van der Waals surface area (Å²) in [5.41, 5.74) is 1.56. The maximum atomic E-state index is 12.4. The molecule has 1 aliphatic heterocycles. The predicted octanol–water partition coefficient (Wildman–Crippen LogP) is 2.24. The van der Waals surface area contributed by atoms with Crippen LogP contribution in [0.2, 0.25) is 0 Å². The second kappa shape index (κ2) is 9.25. The molecule has 146 valence electrons. The van der Waals surface area contributed by atoms with Crippen molar-refractivity contribution >= 4 is 34.6 Å². The Morgan fingerprint density at radius 3 is 2.57 bits per heavy atom. The molecule has 28 heavy (non-hydrogen) atoms. The van der Waals surface area contributed by atoms with Gasteiger partial charge < -0.3 is 15.0 Å². The molecular weight excluding hydrogens is 380 g/mol. The van der Waals surface area contributed by atoms with E-state index in [1.807, 2.05) is 35.2 Å². The maximum Gasteiger partial charge on any atom is 0.293 e. The highest BCUT2D eigenvalue weighted by molar-refractivity contribution is 7.80. The van der Waals surface area contributed by atoms with Gasteiger partial charge in [0.15, 0.2) is 5.11 Å². The Morgan fingerprint density at radius 2 is 1.89 bits per heavy atom. The summed E-state index contributed by atoms with van der Waals surface area (Å²) in [5, 5.41) is 17.2. The Labute approximate surface area is 167 Å². The molecule has 0 unspecified atom stereocenters. The molecule has 2 aromatic rings. The summed E-state index contributed by atoms with van der Waals surface area (Å²) in [4.78, 5) is 25.3. The smallest absolute Gasteiger partial charge is 0.293 e. The number of benzene rings is 2. The van der Waals surface area contributed by atoms with Crippen LogP contribution in [0.4, 0.5) is 11.4 Å². The normalized spacial score (nSPS) is 13.6. The number of hydrogen-bond donors (Lipinski definition) is 2. The number of hydrogen-bond acceptors (Lipinski definition) is 6. The lowest BCUT2D eigenvalue weighted by Gasteiger charge is -2.28. The van der Waals surface area contributed by atoms with Crippen molar-refractivity contribution in [3.8, 4) is 0 Å². The molecule has 8 nitrogen and oxygen atoms in total. The van der Waals surface area contributed by atoms with Gasteiger partial charge in [-0.05, 0) is 29.9 Å². The van der Waals surface area contributed by atoms with Gasteiger partial charge in [-0.15, -0.1) is 0 Å². The Bertz CT molecular complexity index is 869. The van der Waals surface area contributed by atoms with E-state index in [4.69, 9.17) is 17.0 Å². The van der Waals surface area contributed by atoms with E-state index in [1.54, 1.807) is 12.1 Å². The molecule has 0 saturated carbocycles. The van der Waals surface area contributed by atoms with E-state index in [1.165, 1.54) is 6.07 Å². The SMILES string of the molecule is O=C(NC(=S)NCc1ccccc1)c1ccc(N2CCOCC2)c([N+](=O)[O-])c1. The van der Waals surface area contributed by atoms with Crippen LogP contribution in [0, 0.1) is 10.1 Å². The first-order chi connectivity index (χ1) is 13.5. The number of nitrogens with one attached hydrogen (secondary N) is 2. The van der Waals surface area contributed by atoms with Crippen molar-refractivity contribution in [2.24, 2.45) is 0 Å². The zero-order valence-corrected chi connectivity index (χ0v) is 15.9. The molecule has 2 N–H and O–H groups in total. The van der Waals surface area contributed by atoms with Crippen LogP contribution in [0.5, 0.6) is 0 Å². The van der Waals surface area contributed by atoms with E-state index >= 15 is 0 Å². The Kier molecular flexibility index (Phi) is 6.51. The number of thiocarbonyl (C=S) groups is 1. The number of rotatable bonds is 5. The van der Waals surface area contributed by atoms with E-state index in [9.17, 15) is 14.9 Å². The first-order valence-electron chi connectivity index (χ1n) is 8.79. The van der Waals surface area contributed by atoms with Crippen LogP contribution in [0.1, 0.15) is 15.9 Å². The van der Waals surface area contributed by atoms with Crippen LogP contribution >= 0.6 is 12.2 Å². The van der Waals surface area contributed by atoms with Crippen molar-refractivity contribution in [1.82, 2.24) is 10.6 Å². The highest BCUT2D eigenvalue weighted by atomic mass is 32.1. The van der Waals surface area contributed by atoms with Gasteiger partial charge in [0.1, 0.15) is 5.69 Å². The number of anilines is 1. The fraction of sp³-hybridized carbons (Fsp3) is 0.263. The standard InChI is InChI=1S/C19H20N4O4S/c24-18(21-19(28)20-13-14-4-2-1-3-5-14)15-6-7-16(17(12-15)23(25)26)22-8-10-27-11-9-22/h1-7,12H,8-11,13H2,(H2,20,21,24,28). The van der Waals surface area contributed by atoms with Gasteiger partial charge in [0, 0.05) is 31.3 Å². The van der Waals surface area contributed by atoms with E-state index in [0.29, 0.717) is 38.5 Å². The highest BCUT2D eigenvalue weighted by Gasteiger charge is 2.23. The maximum absolute atomic E-state index is 12.4. The van der Waals surface area contributed by atoms with Gasteiger partial charge >= 0.3 is 0 Å². The molecule has 3 rings (SSSR count). The highest BCUT2D eigenvalue weighted by Crippen LogP contribution is 2.29. The third-order valence-corrected chi connectivity index (χ3v) is 4.56. The van der Waals surface area contributed by atoms with Crippen molar-refractivity contribution in [2.75, 3.05) is 31.2 Å². The summed E-state index contributed by atoms with van der Waals surface area (Å²) < 4.78 is 5.29. The van der Waals surface area contributed by atoms with Gasteiger partial charge in [-0.2, -0.15) is 0 Å². The van der Waals surface area contributed by atoms with Gasteiger partial charge in [-0.25, -0.2) is 0 Å². The number of carbonyl (C=O) groups excluding carboxylic acids is 1. The predicted molar refractivity (Wildman–Crippen MR) is 109 cm³/mol. The molecule has 1 aliphatic rings. The minimum Gasteiger partial charge on any atom is -0.378 e. The lowest BCUT2D eigenvalue weighted by atomic mass is 10.1. The summed E-state index contributed by atoms with van der Waals surface area (Å²) in [6.07, 6.45) is 0. The summed E-state index contributed by atoms with van der Waals surface area (Å²) >= 11 is 5.14. The summed E-state index contributed by atoms with van der Waals surface area (Å²) in [6, 6.07) is 14.0. The van der Waals surface area contributed by atoms with Crippen molar-refractivity contribution in [3.63, 3.8) is 0 Å². The Hall–Kier alpha value is -3.04. The van der Waals surface area contributed by atoms with Crippen LogP contribution in [0.25, 0.3) is 0 Å². The molecule has 9 heteroatoms. The van der Waals surface area contributed by atoms with Gasteiger partial charge in [-0.3, -0.25) is 20.2 Å². The minimum absolute atomic E-state index is 0.113. The molecule has 1 amide bonds. The number of carbonyl (C=O) groups is 1. The van der Waals surface area contributed by atoms with E-state index in [2.05, 4.69) is 10.6 Å². The third kappa shape index (κ3) is 5.02. The average Bonchev–Trinajstić information content (AvgIpc) is 2.73. The molecule has 1 heterocycles. The van der Waals surface area contributed by atoms with Gasteiger partial charge in [0.25, 0.3) is 11.6 Å². The lowest BCUT2D eigenvalue weighted by Crippen LogP contribution is -2.39. The molecule has 2 aromatic carbocycles. The van der Waals surface area contributed by atoms with Gasteiger partial charge in [-0.1, -0.05) is 30.3 Å². The minimum atomic E-state index is -0.498. The lowest BCUT2D eigenvalue weighted by molar-refractivity contribution is -0.384. The Morgan fingerprint density at radius 1 is 1.18 bits per heavy atom. The van der Waals surface area contributed by atoms with Crippen molar-refractivity contribution in [1.29, 1.82) is 0 Å².